The molecule has 2 atom stereocenters. The van der Waals surface area contributed by atoms with Gasteiger partial charge in [-0.15, -0.1) is 0 Å². The van der Waals surface area contributed by atoms with Gasteiger partial charge in [0.05, 0.1) is 12.0 Å². The lowest BCUT2D eigenvalue weighted by Crippen LogP contribution is -2.43. The van der Waals surface area contributed by atoms with Gasteiger partial charge in [0.1, 0.15) is 11.4 Å². The molecule has 4 rings (SSSR count). The van der Waals surface area contributed by atoms with Crippen molar-refractivity contribution in [1.82, 2.24) is 4.90 Å². The quantitative estimate of drug-likeness (QED) is 0.891. The Bertz CT molecular complexity index is 884. The van der Waals surface area contributed by atoms with Crippen molar-refractivity contribution in [3.63, 3.8) is 0 Å². The Kier molecular flexibility index (Phi) is 4.63. The number of likely N-dealkylation sites (tertiary alicyclic amines) is 1. The van der Waals surface area contributed by atoms with Gasteiger partial charge in [-0.1, -0.05) is 0 Å². The summed E-state index contributed by atoms with van der Waals surface area (Å²) in [5, 5.41) is 9.95. The molecule has 2 fully saturated rings. The Labute approximate surface area is 155 Å². The van der Waals surface area contributed by atoms with Crippen LogP contribution in [0.5, 0.6) is 0 Å². The van der Waals surface area contributed by atoms with Crippen molar-refractivity contribution in [1.29, 1.82) is 0 Å². The molecule has 2 aromatic rings. The largest absolute Gasteiger partial charge is 0.481 e. The van der Waals surface area contributed by atoms with Gasteiger partial charge in [-0.2, -0.15) is 0 Å². The molecule has 1 aromatic carbocycles. The number of halogens is 1. The Hall–Kier alpha value is -2.41. The average Bonchev–Trinajstić information content (AvgIpc) is 3.27. The fourth-order valence-corrected chi connectivity index (χ4v) is 4.31. The number of hydrogen-bond acceptors (Lipinski definition) is 4. The number of piperidine rings is 1. The van der Waals surface area contributed by atoms with Crippen LogP contribution in [0.1, 0.15) is 35.4 Å². The number of nitrogens with zero attached hydrogens (tertiary/aromatic N) is 1. The molecule has 144 valence electrons. The standard InChI is InChI=1S/C20H22FNO5/c1-11-15-10-13(21)2-3-16(15)27-17(11)19(23)22-7-4-12(5-8-22)18-14(20(24)25)6-9-26-18/h2-3,10,12,14,18H,4-9H2,1H3,(H,24,25)/t14?,18-/m0/s1. The number of aryl methyl sites for hydroxylation is 1. The van der Waals surface area contributed by atoms with Gasteiger partial charge in [-0.05, 0) is 50.3 Å². The zero-order valence-electron chi connectivity index (χ0n) is 15.1. The number of rotatable bonds is 3. The number of benzene rings is 1. The average molecular weight is 375 g/mol. The number of fused-ring (bicyclic) bond motifs is 1. The number of aliphatic carboxylic acids is 1. The summed E-state index contributed by atoms with van der Waals surface area (Å²) in [5.74, 6) is -1.44. The van der Waals surface area contributed by atoms with Crippen LogP contribution in [0.15, 0.2) is 22.6 Å². The lowest BCUT2D eigenvalue weighted by molar-refractivity contribution is -0.145. The first-order chi connectivity index (χ1) is 13.0. The lowest BCUT2D eigenvalue weighted by atomic mass is 9.84. The highest BCUT2D eigenvalue weighted by Crippen LogP contribution is 2.34. The number of carbonyl (C=O) groups is 2. The summed E-state index contributed by atoms with van der Waals surface area (Å²) in [6.07, 6.45) is 1.69. The highest BCUT2D eigenvalue weighted by Gasteiger charge is 2.41. The summed E-state index contributed by atoms with van der Waals surface area (Å²) in [6, 6.07) is 4.22. The highest BCUT2D eigenvalue weighted by molar-refractivity contribution is 5.99. The smallest absolute Gasteiger partial charge is 0.309 e. The normalized spacial score (nSPS) is 23.9. The van der Waals surface area contributed by atoms with E-state index in [1.54, 1.807) is 11.8 Å². The van der Waals surface area contributed by atoms with Crippen molar-refractivity contribution >= 4 is 22.8 Å². The molecule has 1 N–H and O–H groups in total. The molecule has 1 aromatic heterocycles. The second kappa shape index (κ2) is 6.96. The van der Waals surface area contributed by atoms with Crippen LogP contribution in [0.2, 0.25) is 0 Å². The molecule has 27 heavy (non-hydrogen) atoms. The monoisotopic (exact) mass is 375 g/mol. The van der Waals surface area contributed by atoms with Crippen LogP contribution in [0, 0.1) is 24.6 Å². The number of carboxylic acids is 1. The van der Waals surface area contributed by atoms with Crippen LogP contribution in [0.25, 0.3) is 11.0 Å². The molecule has 1 unspecified atom stereocenters. The predicted octanol–water partition coefficient (Wildman–Crippen LogP) is 3.22. The van der Waals surface area contributed by atoms with Crippen LogP contribution in [0.4, 0.5) is 4.39 Å². The second-order valence-electron chi connectivity index (χ2n) is 7.40. The Morgan fingerprint density at radius 2 is 1.96 bits per heavy atom. The molecule has 0 saturated carbocycles. The van der Waals surface area contributed by atoms with Crippen molar-refractivity contribution in [2.45, 2.75) is 32.3 Å². The van der Waals surface area contributed by atoms with Gasteiger partial charge in [0.2, 0.25) is 0 Å². The lowest BCUT2D eigenvalue weighted by Gasteiger charge is -2.35. The SMILES string of the molecule is Cc1c(C(=O)N2CCC([C@@H]3OCCC3C(=O)O)CC2)oc2ccc(F)cc12. The minimum atomic E-state index is -0.805. The number of amides is 1. The summed E-state index contributed by atoms with van der Waals surface area (Å²) < 4.78 is 24.8. The van der Waals surface area contributed by atoms with Gasteiger partial charge in [-0.25, -0.2) is 4.39 Å². The van der Waals surface area contributed by atoms with Gasteiger partial charge in [0.15, 0.2) is 5.76 Å². The van der Waals surface area contributed by atoms with Gasteiger partial charge in [0, 0.05) is 30.6 Å². The van der Waals surface area contributed by atoms with Crippen LogP contribution in [-0.4, -0.2) is 47.7 Å². The molecular formula is C20H22FNO5. The highest BCUT2D eigenvalue weighted by atomic mass is 19.1. The third kappa shape index (κ3) is 3.20. The first-order valence-corrected chi connectivity index (χ1v) is 9.28. The molecule has 3 heterocycles. The zero-order valence-corrected chi connectivity index (χ0v) is 15.1. The molecule has 2 aliphatic heterocycles. The third-order valence-corrected chi connectivity index (χ3v) is 5.84. The Morgan fingerprint density at radius 1 is 1.22 bits per heavy atom. The summed E-state index contributed by atoms with van der Waals surface area (Å²) >= 11 is 0. The molecule has 0 radical (unpaired) electrons. The number of carboxylic acid groups (broad SMARTS) is 1. The van der Waals surface area contributed by atoms with Crippen LogP contribution < -0.4 is 0 Å². The van der Waals surface area contributed by atoms with E-state index < -0.39 is 11.9 Å². The zero-order chi connectivity index (χ0) is 19.1. The second-order valence-corrected chi connectivity index (χ2v) is 7.40. The molecule has 0 spiro atoms. The summed E-state index contributed by atoms with van der Waals surface area (Å²) in [4.78, 5) is 26.0. The molecule has 7 heteroatoms. The molecule has 2 saturated heterocycles. The van der Waals surface area contributed by atoms with Crippen molar-refractivity contribution < 1.29 is 28.2 Å². The molecule has 0 aliphatic carbocycles. The van der Waals surface area contributed by atoms with Gasteiger partial charge in [0.25, 0.3) is 5.91 Å². The first-order valence-electron chi connectivity index (χ1n) is 9.28. The Morgan fingerprint density at radius 3 is 2.67 bits per heavy atom. The minimum Gasteiger partial charge on any atom is -0.481 e. The van der Waals surface area contributed by atoms with E-state index in [1.165, 1.54) is 18.2 Å². The van der Waals surface area contributed by atoms with Crippen LogP contribution in [-0.2, 0) is 9.53 Å². The van der Waals surface area contributed by atoms with Gasteiger partial charge < -0.3 is 19.2 Å². The Balaban J connectivity index is 1.46. The number of hydrogen-bond donors (Lipinski definition) is 1. The van der Waals surface area contributed by atoms with Crippen molar-refractivity contribution in [3.05, 3.63) is 35.3 Å². The maximum absolute atomic E-state index is 13.5. The van der Waals surface area contributed by atoms with Crippen LogP contribution >= 0.6 is 0 Å². The topological polar surface area (TPSA) is 80.0 Å². The van der Waals surface area contributed by atoms with E-state index in [0.717, 1.165) is 0 Å². The van der Waals surface area contributed by atoms with Crippen molar-refractivity contribution in [2.24, 2.45) is 11.8 Å². The molecular weight excluding hydrogens is 353 g/mol. The fraction of sp³-hybridized carbons (Fsp3) is 0.500. The van der Waals surface area contributed by atoms with E-state index in [4.69, 9.17) is 9.15 Å². The van der Waals surface area contributed by atoms with Gasteiger partial charge >= 0.3 is 5.97 Å². The summed E-state index contributed by atoms with van der Waals surface area (Å²) in [6.45, 7) is 3.30. The van der Waals surface area contributed by atoms with Crippen molar-refractivity contribution in [3.8, 4) is 0 Å². The molecule has 1 amide bonds. The maximum atomic E-state index is 13.5. The van der Waals surface area contributed by atoms with Crippen LogP contribution in [0.3, 0.4) is 0 Å². The van der Waals surface area contributed by atoms with E-state index >= 15 is 0 Å². The summed E-state index contributed by atoms with van der Waals surface area (Å²) in [7, 11) is 0. The summed E-state index contributed by atoms with van der Waals surface area (Å²) in [5.41, 5.74) is 1.14. The fourth-order valence-electron chi connectivity index (χ4n) is 4.31. The minimum absolute atomic E-state index is 0.142. The van der Waals surface area contributed by atoms with E-state index in [0.29, 0.717) is 55.5 Å². The number of carbonyl (C=O) groups excluding carboxylic acids is 1. The third-order valence-electron chi connectivity index (χ3n) is 5.84. The molecule has 6 nitrogen and oxygen atoms in total. The van der Waals surface area contributed by atoms with Gasteiger partial charge in [-0.3, -0.25) is 9.59 Å². The molecule has 2 aliphatic rings. The van der Waals surface area contributed by atoms with Crippen molar-refractivity contribution in [2.75, 3.05) is 19.7 Å². The molecule has 0 bridgehead atoms. The van der Waals surface area contributed by atoms with E-state index in [-0.39, 0.29) is 29.5 Å². The predicted molar refractivity (Wildman–Crippen MR) is 95.0 cm³/mol. The number of ether oxygens (including phenoxy) is 1. The van der Waals surface area contributed by atoms with E-state index in [9.17, 15) is 19.1 Å². The van der Waals surface area contributed by atoms with E-state index in [1.807, 2.05) is 0 Å². The van der Waals surface area contributed by atoms with E-state index in [2.05, 4.69) is 0 Å². The maximum Gasteiger partial charge on any atom is 0.309 e. The number of furan rings is 1. The first kappa shape index (κ1) is 18.0.